The Morgan fingerprint density at radius 1 is 0.325 bits per heavy atom. The van der Waals surface area contributed by atoms with Gasteiger partial charge in [0.15, 0.2) is 0 Å². The molecule has 0 fully saturated rings. The van der Waals surface area contributed by atoms with E-state index in [0.717, 1.165) is 0 Å². The average Bonchev–Trinajstić information content (AvgIpc) is 2.91. The SMILES string of the molecule is CC1(C)CCC/C=C\CCCC(C)(C)c2ccc(cc2)C(C)(C)CCC/C=C\CCCC(C)(C)c2ccc1cc2. The molecule has 220 valence electrons. The van der Waals surface area contributed by atoms with Crippen molar-refractivity contribution in [1.29, 1.82) is 0 Å². The fraction of sp³-hybridized carbons (Fsp3) is 0.600. The Kier molecular flexibility index (Phi) is 11.5. The Bertz CT molecular complexity index is 894. The quantitative estimate of drug-likeness (QED) is 0.291. The number of allylic oxidation sites excluding steroid dienone is 4. The number of rotatable bonds is 0. The van der Waals surface area contributed by atoms with Crippen molar-refractivity contribution in [1.82, 2.24) is 0 Å². The number of hydrogen-bond acceptors (Lipinski definition) is 0. The van der Waals surface area contributed by atoms with E-state index in [2.05, 4.69) is 128 Å². The standard InChI is InChI=1S/C40H60/c1-37(2)29-17-13-9-10-14-18-31-39(5,6)35-25-27-36(28-26-35)40(7,8)32-20-16-12-11-15-19-30-38(3,4)34-23-21-33(37)22-24-34/h9-12,21-28H,13-20,29-32H2,1-8H3/b10-9-,12-11-. The zero-order valence-corrected chi connectivity index (χ0v) is 27.4. The maximum Gasteiger partial charge on any atom is -0.0103 e. The van der Waals surface area contributed by atoms with Gasteiger partial charge in [-0.15, -0.1) is 0 Å². The van der Waals surface area contributed by atoms with Crippen molar-refractivity contribution >= 4 is 0 Å². The smallest absolute Gasteiger partial charge is 0.0103 e. The van der Waals surface area contributed by atoms with Gasteiger partial charge in [0.25, 0.3) is 0 Å². The summed E-state index contributed by atoms with van der Waals surface area (Å²) >= 11 is 0. The second-order valence-corrected chi connectivity index (χ2v) is 15.2. The second kappa shape index (κ2) is 14.2. The van der Waals surface area contributed by atoms with E-state index in [1.165, 1.54) is 99.3 Å². The van der Waals surface area contributed by atoms with Crippen LogP contribution in [0.5, 0.6) is 0 Å². The van der Waals surface area contributed by atoms with E-state index in [-0.39, 0.29) is 21.7 Å². The molecule has 0 atom stereocenters. The maximum atomic E-state index is 2.43. The first-order chi connectivity index (χ1) is 18.8. The molecule has 0 heterocycles. The van der Waals surface area contributed by atoms with Gasteiger partial charge in [0, 0.05) is 0 Å². The molecule has 0 amide bonds. The fourth-order valence-corrected chi connectivity index (χ4v) is 6.44. The van der Waals surface area contributed by atoms with Crippen LogP contribution in [0, 0.1) is 0 Å². The molecule has 2 aromatic carbocycles. The van der Waals surface area contributed by atoms with Gasteiger partial charge in [0.2, 0.25) is 0 Å². The van der Waals surface area contributed by atoms with Crippen molar-refractivity contribution < 1.29 is 0 Å². The lowest BCUT2D eigenvalue weighted by Gasteiger charge is -2.29. The van der Waals surface area contributed by atoms with E-state index < -0.39 is 0 Å². The Morgan fingerprint density at radius 2 is 0.500 bits per heavy atom. The molecular formula is C40H60. The van der Waals surface area contributed by atoms with Gasteiger partial charge in [-0.05, 0) is 121 Å². The summed E-state index contributed by atoms with van der Waals surface area (Å²) in [6.45, 7) is 19.3. The van der Waals surface area contributed by atoms with Crippen molar-refractivity contribution in [2.75, 3.05) is 0 Å². The molecule has 0 saturated heterocycles. The minimum absolute atomic E-state index is 0.221. The van der Waals surface area contributed by atoms with E-state index in [1.54, 1.807) is 0 Å². The van der Waals surface area contributed by atoms with E-state index >= 15 is 0 Å². The van der Waals surface area contributed by atoms with Gasteiger partial charge in [-0.25, -0.2) is 0 Å². The first-order valence-corrected chi connectivity index (χ1v) is 16.4. The molecule has 4 aliphatic carbocycles. The summed E-state index contributed by atoms with van der Waals surface area (Å²) in [6.07, 6.45) is 24.3. The van der Waals surface area contributed by atoms with Crippen LogP contribution in [0.3, 0.4) is 0 Å². The molecule has 0 heteroatoms. The lowest BCUT2D eigenvalue weighted by atomic mass is 9.76. The van der Waals surface area contributed by atoms with Crippen LogP contribution < -0.4 is 0 Å². The molecule has 0 N–H and O–H groups in total. The van der Waals surface area contributed by atoms with Gasteiger partial charge < -0.3 is 0 Å². The third-order valence-corrected chi connectivity index (χ3v) is 9.92. The normalized spacial score (nSPS) is 24.0. The first-order valence-electron chi connectivity index (χ1n) is 16.4. The van der Waals surface area contributed by atoms with Crippen LogP contribution in [0.1, 0.15) is 155 Å². The minimum Gasteiger partial charge on any atom is -0.0885 e. The summed E-state index contributed by atoms with van der Waals surface area (Å²) in [5.74, 6) is 0. The van der Waals surface area contributed by atoms with E-state index in [9.17, 15) is 0 Å². The predicted molar refractivity (Wildman–Crippen MR) is 179 cm³/mol. The summed E-state index contributed by atoms with van der Waals surface area (Å²) < 4.78 is 0. The van der Waals surface area contributed by atoms with Crippen LogP contribution in [0.4, 0.5) is 0 Å². The molecule has 0 aliphatic heterocycles. The lowest BCUT2D eigenvalue weighted by Crippen LogP contribution is -2.20. The molecule has 2 aromatic rings. The minimum atomic E-state index is 0.221. The summed E-state index contributed by atoms with van der Waals surface area (Å²) in [4.78, 5) is 0. The summed E-state index contributed by atoms with van der Waals surface area (Å²) in [7, 11) is 0. The highest BCUT2D eigenvalue weighted by Gasteiger charge is 2.25. The molecule has 4 bridgehead atoms. The summed E-state index contributed by atoms with van der Waals surface area (Å²) in [6, 6.07) is 19.2. The van der Waals surface area contributed by atoms with Gasteiger partial charge in [-0.1, -0.05) is 128 Å². The molecule has 40 heavy (non-hydrogen) atoms. The van der Waals surface area contributed by atoms with E-state index in [1.807, 2.05) is 0 Å². The van der Waals surface area contributed by atoms with E-state index in [4.69, 9.17) is 0 Å². The van der Waals surface area contributed by atoms with Gasteiger partial charge in [0.05, 0.1) is 0 Å². The molecular weight excluding hydrogens is 480 g/mol. The molecule has 0 aromatic heterocycles. The fourth-order valence-electron chi connectivity index (χ4n) is 6.44. The van der Waals surface area contributed by atoms with Crippen LogP contribution in [-0.4, -0.2) is 0 Å². The largest absolute Gasteiger partial charge is 0.0885 e. The molecule has 4 aliphatic rings. The van der Waals surface area contributed by atoms with Crippen LogP contribution in [-0.2, 0) is 21.7 Å². The van der Waals surface area contributed by atoms with Crippen LogP contribution in [0.25, 0.3) is 0 Å². The summed E-state index contributed by atoms with van der Waals surface area (Å²) in [5.41, 5.74) is 6.79. The van der Waals surface area contributed by atoms with Crippen molar-refractivity contribution in [3.05, 3.63) is 95.1 Å². The van der Waals surface area contributed by atoms with Crippen LogP contribution >= 0.6 is 0 Å². The molecule has 0 unspecified atom stereocenters. The molecule has 0 radical (unpaired) electrons. The Morgan fingerprint density at radius 3 is 0.675 bits per heavy atom. The topological polar surface area (TPSA) is 0 Å². The number of hydrogen-bond donors (Lipinski definition) is 0. The third kappa shape index (κ3) is 9.49. The highest BCUT2D eigenvalue weighted by molar-refractivity contribution is 5.33. The van der Waals surface area contributed by atoms with Crippen molar-refractivity contribution in [3.63, 3.8) is 0 Å². The zero-order chi connectivity index (χ0) is 29.3. The van der Waals surface area contributed by atoms with Gasteiger partial charge in [-0.2, -0.15) is 0 Å². The van der Waals surface area contributed by atoms with Crippen LogP contribution in [0.2, 0.25) is 0 Å². The van der Waals surface area contributed by atoms with E-state index in [0.29, 0.717) is 0 Å². The van der Waals surface area contributed by atoms with Crippen LogP contribution in [0.15, 0.2) is 72.8 Å². The Hall–Kier alpha value is -2.08. The predicted octanol–water partition coefficient (Wildman–Crippen LogP) is 12.3. The van der Waals surface area contributed by atoms with Crippen molar-refractivity contribution in [2.45, 2.75) is 154 Å². The molecule has 6 rings (SSSR count). The maximum absolute atomic E-state index is 2.43. The Balaban J connectivity index is 1.68. The van der Waals surface area contributed by atoms with Gasteiger partial charge in [-0.3, -0.25) is 0 Å². The monoisotopic (exact) mass is 540 g/mol. The molecule has 0 saturated carbocycles. The highest BCUT2D eigenvalue weighted by Crippen LogP contribution is 2.35. The Labute approximate surface area is 248 Å². The first kappa shape index (κ1) is 32.4. The summed E-state index contributed by atoms with van der Waals surface area (Å²) in [5, 5.41) is 0. The molecule has 0 nitrogen and oxygen atoms in total. The van der Waals surface area contributed by atoms with Gasteiger partial charge in [0.1, 0.15) is 0 Å². The third-order valence-electron chi connectivity index (χ3n) is 9.92. The van der Waals surface area contributed by atoms with Crippen molar-refractivity contribution in [2.24, 2.45) is 0 Å². The number of benzene rings is 2. The lowest BCUT2D eigenvalue weighted by molar-refractivity contribution is 0.452. The zero-order valence-electron chi connectivity index (χ0n) is 27.4. The van der Waals surface area contributed by atoms with Crippen molar-refractivity contribution in [3.8, 4) is 0 Å². The molecule has 0 spiro atoms. The van der Waals surface area contributed by atoms with Gasteiger partial charge >= 0.3 is 0 Å². The highest BCUT2D eigenvalue weighted by atomic mass is 14.3. The average molecular weight is 541 g/mol. The second-order valence-electron chi connectivity index (χ2n) is 15.2.